The van der Waals surface area contributed by atoms with Crippen LogP contribution in [0.1, 0.15) is 123 Å². The quantitative estimate of drug-likeness (QED) is 0.0342. The lowest BCUT2D eigenvalue weighted by Crippen LogP contribution is -2.54. The Balaban J connectivity index is 0.649. The van der Waals surface area contributed by atoms with Gasteiger partial charge < -0.3 is 35.4 Å². The van der Waals surface area contributed by atoms with Gasteiger partial charge in [-0.05, 0) is 99.1 Å². The topological polar surface area (TPSA) is 238 Å². The van der Waals surface area contributed by atoms with Gasteiger partial charge in [0.25, 0.3) is 11.8 Å². The average molecular weight is 1080 g/mol. The molecule has 3 aromatic carbocycles. The maximum Gasteiger partial charge on any atom is 0.407 e. The molecular formula is C58H62F2N10O9. The molecule has 6 amide bonds. The Labute approximate surface area is 454 Å². The molecule has 2 aromatic heterocycles. The first-order chi connectivity index (χ1) is 38.2. The minimum absolute atomic E-state index is 0.00820. The number of amides is 6. The van der Waals surface area contributed by atoms with Gasteiger partial charge in [0.05, 0.1) is 27.6 Å². The Morgan fingerprint density at radius 3 is 2.47 bits per heavy atom. The molecule has 11 rings (SSSR count). The summed E-state index contributed by atoms with van der Waals surface area (Å²) in [6.07, 6.45) is 16.5. The highest BCUT2D eigenvalue weighted by atomic mass is 19.1. The Kier molecular flexibility index (Phi) is 14.9. The summed E-state index contributed by atoms with van der Waals surface area (Å²) < 4.78 is 44.7. The van der Waals surface area contributed by atoms with Crippen LogP contribution in [0.3, 0.4) is 0 Å². The maximum atomic E-state index is 17.2. The van der Waals surface area contributed by atoms with Gasteiger partial charge in [0.2, 0.25) is 17.7 Å². The van der Waals surface area contributed by atoms with Gasteiger partial charge in [-0.25, -0.2) is 13.6 Å². The highest BCUT2D eigenvalue weighted by Crippen LogP contribution is 2.46. The first-order valence-corrected chi connectivity index (χ1v) is 27.4. The molecule has 0 saturated carbocycles. The summed E-state index contributed by atoms with van der Waals surface area (Å²) in [5, 5.41) is 23.3. The Morgan fingerprint density at radius 1 is 0.911 bits per heavy atom. The van der Waals surface area contributed by atoms with Crippen LogP contribution in [-0.4, -0.2) is 135 Å². The SMILES string of the molecule is C#Cc1c(F)ccc2cc(O)cc(-c3ncc4c(N5CC6CCC(C5)N6)nc(OCC56CCC(COC(=O)NCCCCCCCCC(=O)Nc7ccc8c(c7)C(=O)N(C7CCC(=O)NC7=O)C8=O)N5CC(C)C6)nc4c3F)c12. The number of carbonyl (C=O) groups excluding carboxylic acids is 6. The lowest BCUT2D eigenvalue weighted by atomic mass is 9.91. The van der Waals surface area contributed by atoms with Crippen LogP contribution in [0.15, 0.2) is 48.7 Å². The van der Waals surface area contributed by atoms with Crippen molar-refractivity contribution in [3.8, 4) is 35.4 Å². The van der Waals surface area contributed by atoms with Gasteiger partial charge in [-0.3, -0.25) is 44.1 Å². The number of nitrogens with zero attached hydrogens (tertiary/aromatic N) is 6. The molecule has 6 aliphatic rings. The summed E-state index contributed by atoms with van der Waals surface area (Å²) in [4.78, 5) is 95.4. The number of phenolic OH excluding ortho intramolecular Hbond substituents is 1. The molecule has 6 unspecified atom stereocenters. The molecule has 0 spiro atoms. The molecule has 8 heterocycles. The molecule has 2 bridgehead atoms. The minimum atomic E-state index is -1.07. The molecule has 5 fully saturated rings. The number of unbranched alkanes of at least 4 members (excludes halogenated alkanes) is 5. The van der Waals surface area contributed by atoms with Gasteiger partial charge in [-0.15, -0.1) is 6.42 Å². The van der Waals surface area contributed by atoms with Crippen LogP contribution in [0.25, 0.3) is 32.9 Å². The molecule has 19 nitrogen and oxygen atoms in total. The number of piperidine rings is 1. The van der Waals surface area contributed by atoms with Crippen molar-refractivity contribution in [3.63, 3.8) is 0 Å². The van der Waals surface area contributed by atoms with E-state index in [0.717, 1.165) is 75.7 Å². The number of rotatable bonds is 18. The number of aromatic hydroxyl groups is 1. The number of pyridine rings is 1. The second-order valence-electron chi connectivity index (χ2n) is 22.0. The van der Waals surface area contributed by atoms with Crippen molar-refractivity contribution in [2.75, 3.05) is 49.6 Å². The fraction of sp³-hybridized carbons (Fsp3) is 0.466. The first kappa shape index (κ1) is 53.2. The number of phenols is 1. The van der Waals surface area contributed by atoms with Crippen molar-refractivity contribution in [2.24, 2.45) is 5.92 Å². The van der Waals surface area contributed by atoms with Crippen LogP contribution in [0.2, 0.25) is 0 Å². The highest BCUT2D eigenvalue weighted by Gasteiger charge is 2.53. The lowest BCUT2D eigenvalue weighted by Gasteiger charge is -2.35. The molecule has 0 aliphatic carbocycles. The molecular weight excluding hydrogens is 1020 g/mol. The zero-order chi connectivity index (χ0) is 55.1. The van der Waals surface area contributed by atoms with Crippen LogP contribution < -0.4 is 30.9 Å². The zero-order valence-corrected chi connectivity index (χ0v) is 43.9. The largest absolute Gasteiger partial charge is 0.508 e. The molecule has 5 aromatic rings. The number of nitrogens with one attached hydrogen (secondary N) is 4. The van der Waals surface area contributed by atoms with E-state index in [-0.39, 0.29) is 107 Å². The third-order valence-corrected chi connectivity index (χ3v) is 16.5. The molecule has 6 atom stereocenters. The standard InChI is InChI=1S/C58H62F2N10O9/c1-3-39-44(59)16-11-33-22-38(71)24-42(48(33)39)50-49(60)51-43(26-62-50)52(68-28-35-12-13-36(29-68)63-35)67-56(66-51)79-31-58-20-19-37(69(58)27-32(2)25-58)30-78-57(77)61-21-9-7-5-4-6-8-10-46(72)64-34-14-15-40-41(23-34)55(76)70(54(40)75)45-17-18-47(73)65-53(45)74/h1,11,14-16,22-24,26,32,35-37,45,63,71H,4-10,12-13,17-21,25,27-31H2,2H3,(H,61,77)(H,64,72)(H,65,73,74). The summed E-state index contributed by atoms with van der Waals surface area (Å²) >= 11 is 0. The van der Waals surface area contributed by atoms with Gasteiger partial charge in [-0.1, -0.05) is 44.6 Å². The number of piperazine rings is 1. The Bertz CT molecular complexity index is 3340. The van der Waals surface area contributed by atoms with Crippen LogP contribution in [0, 0.1) is 29.9 Å². The van der Waals surface area contributed by atoms with E-state index in [9.17, 15) is 33.9 Å². The van der Waals surface area contributed by atoms with Crippen LogP contribution in [0.4, 0.5) is 25.1 Å². The van der Waals surface area contributed by atoms with E-state index >= 15 is 8.78 Å². The predicted molar refractivity (Wildman–Crippen MR) is 287 cm³/mol. The van der Waals surface area contributed by atoms with Crippen molar-refractivity contribution in [3.05, 3.63) is 77.0 Å². The van der Waals surface area contributed by atoms with Gasteiger partial charge in [0.1, 0.15) is 47.9 Å². The fourth-order valence-electron chi connectivity index (χ4n) is 12.9. The van der Waals surface area contributed by atoms with E-state index in [1.54, 1.807) is 6.07 Å². The molecule has 5 N–H and O–H groups in total. The van der Waals surface area contributed by atoms with E-state index in [4.69, 9.17) is 25.9 Å². The van der Waals surface area contributed by atoms with Crippen LogP contribution in [-0.2, 0) is 19.1 Å². The molecule has 412 valence electrons. The summed E-state index contributed by atoms with van der Waals surface area (Å²) in [7, 11) is 0. The number of carbonyl (C=O) groups is 6. The Morgan fingerprint density at radius 2 is 1.68 bits per heavy atom. The summed E-state index contributed by atoms with van der Waals surface area (Å²) in [6.45, 7) is 5.17. The van der Waals surface area contributed by atoms with Crippen molar-refractivity contribution in [2.45, 2.75) is 127 Å². The number of hydrogen-bond donors (Lipinski definition) is 5. The first-order valence-electron chi connectivity index (χ1n) is 27.4. The highest BCUT2D eigenvalue weighted by molar-refractivity contribution is 6.24. The summed E-state index contributed by atoms with van der Waals surface area (Å²) in [6, 6.07) is 9.30. The van der Waals surface area contributed by atoms with Crippen LogP contribution in [0.5, 0.6) is 11.8 Å². The second kappa shape index (κ2) is 22.1. The molecule has 0 radical (unpaired) electrons. The second-order valence-corrected chi connectivity index (χ2v) is 22.0. The van der Waals surface area contributed by atoms with Crippen molar-refractivity contribution in [1.29, 1.82) is 0 Å². The van der Waals surface area contributed by atoms with E-state index in [1.807, 2.05) is 0 Å². The molecule has 79 heavy (non-hydrogen) atoms. The number of imide groups is 2. The van der Waals surface area contributed by atoms with Crippen LogP contribution >= 0.6 is 0 Å². The number of terminal acetylenes is 1. The number of hydrogen-bond acceptors (Lipinski definition) is 15. The number of anilines is 2. The number of ether oxygens (including phenoxy) is 2. The fourth-order valence-corrected chi connectivity index (χ4v) is 12.9. The van der Waals surface area contributed by atoms with Crippen molar-refractivity contribution < 1.29 is 52.1 Å². The lowest BCUT2D eigenvalue weighted by molar-refractivity contribution is -0.136. The third-order valence-electron chi connectivity index (χ3n) is 16.5. The number of alkyl carbamates (subject to hydrolysis) is 1. The number of fused-ring (bicyclic) bond motifs is 6. The normalized spacial score (nSPS) is 23.5. The van der Waals surface area contributed by atoms with E-state index in [2.05, 4.69) is 48.9 Å². The van der Waals surface area contributed by atoms with Gasteiger partial charge >= 0.3 is 12.1 Å². The van der Waals surface area contributed by atoms with Crippen molar-refractivity contribution in [1.82, 2.24) is 40.7 Å². The van der Waals surface area contributed by atoms with E-state index in [0.29, 0.717) is 54.3 Å². The number of halogens is 2. The van der Waals surface area contributed by atoms with Gasteiger partial charge in [0, 0.05) is 80.0 Å². The smallest absolute Gasteiger partial charge is 0.407 e. The zero-order valence-electron chi connectivity index (χ0n) is 43.9. The number of aromatic nitrogens is 3. The summed E-state index contributed by atoms with van der Waals surface area (Å²) in [5.41, 5.74) is 0.0821. The van der Waals surface area contributed by atoms with Gasteiger partial charge in [-0.2, -0.15) is 9.97 Å². The van der Waals surface area contributed by atoms with Gasteiger partial charge in [0.15, 0.2) is 5.82 Å². The average Bonchev–Trinajstić information content (AvgIpc) is 4.36. The van der Waals surface area contributed by atoms with E-state index in [1.165, 1.54) is 42.6 Å². The van der Waals surface area contributed by atoms with Crippen molar-refractivity contribution >= 4 is 68.8 Å². The Hall–Kier alpha value is -7.83. The minimum Gasteiger partial charge on any atom is -0.508 e. The third kappa shape index (κ3) is 10.6. The van der Waals surface area contributed by atoms with E-state index < -0.39 is 52.9 Å². The number of benzene rings is 3. The molecule has 5 saturated heterocycles. The monoisotopic (exact) mass is 1080 g/mol. The summed E-state index contributed by atoms with van der Waals surface area (Å²) in [5.74, 6) is -0.992. The maximum absolute atomic E-state index is 17.2. The molecule has 6 aliphatic heterocycles. The molecule has 21 heteroatoms. The predicted octanol–water partition coefficient (Wildman–Crippen LogP) is 6.87.